The summed E-state index contributed by atoms with van der Waals surface area (Å²) in [6.07, 6.45) is 0. The molecule has 98 valence electrons. The van der Waals surface area contributed by atoms with Gasteiger partial charge in [0.1, 0.15) is 6.04 Å². The Morgan fingerprint density at radius 3 is 2.39 bits per heavy atom. The Hall–Kier alpha value is -1.00. The summed E-state index contributed by atoms with van der Waals surface area (Å²) < 4.78 is 0. The molecule has 0 spiro atoms. The van der Waals surface area contributed by atoms with Gasteiger partial charge in [-0.2, -0.15) is 0 Å². The van der Waals surface area contributed by atoms with Crippen LogP contribution in [0.3, 0.4) is 0 Å². The second-order valence-electron chi connectivity index (χ2n) is 5.64. The van der Waals surface area contributed by atoms with Gasteiger partial charge in [-0.15, -0.1) is 11.8 Å². The summed E-state index contributed by atoms with van der Waals surface area (Å²) in [4.78, 5) is 10.9. The fourth-order valence-corrected chi connectivity index (χ4v) is 3.20. The maximum absolute atomic E-state index is 10.9. The van der Waals surface area contributed by atoms with Gasteiger partial charge in [-0.1, -0.05) is 45.0 Å². The van der Waals surface area contributed by atoms with Gasteiger partial charge in [0, 0.05) is 5.75 Å². The average Bonchev–Trinajstić information content (AvgIpc) is 2.77. The predicted octanol–water partition coefficient (Wildman–Crippen LogP) is 2.77. The first-order chi connectivity index (χ1) is 8.38. The summed E-state index contributed by atoms with van der Waals surface area (Å²) in [7, 11) is 0. The van der Waals surface area contributed by atoms with Crippen LogP contribution in [0.1, 0.15) is 37.3 Å². The number of thioether (sulfide) groups is 1. The van der Waals surface area contributed by atoms with Crippen molar-refractivity contribution < 1.29 is 9.90 Å². The number of hydrogen-bond donors (Lipinski definition) is 2. The lowest BCUT2D eigenvalue weighted by atomic mass is 9.87. The molecular weight excluding hydrogens is 246 g/mol. The summed E-state index contributed by atoms with van der Waals surface area (Å²) in [5.74, 6) is -0.141. The van der Waals surface area contributed by atoms with Crippen molar-refractivity contribution in [1.29, 1.82) is 0 Å². The van der Waals surface area contributed by atoms with E-state index in [9.17, 15) is 4.79 Å². The molecular formula is C14H19NO2S. The van der Waals surface area contributed by atoms with Crippen LogP contribution in [-0.4, -0.2) is 22.9 Å². The van der Waals surface area contributed by atoms with E-state index in [1.165, 1.54) is 5.56 Å². The van der Waals surface area contributed by atoms with Gasteiger partial charge in [0.05, 0.1) is 5.37 Å². The first-order valence-corrected chi connectivity index (χ1v) is 7.14. The number of carbonyl (C=O) groups is 1. The Balaban J connectivity index is 2.10. The summed E-state index contributed by atoms with van der Waals surface area (Å²) >= 11 is 1.65. The Labute approximate surface area is 112 Å². The van der Waals surface area contributed by atoms with Gasteiger partial charge in [-0.25, -0.2) is 0 Å². The van der Waals surface area contributed by atoms with Crippen molar-refractivity contribution in [3.63, 3.8) is 0 Å². The van der Waals surface area contributed by atoms with Crippen LogP contribution in [0.25, 0.3) is 0 Å². The fraction of sp³-hybridized carbons (Fsp3) is 0.500. The van der Waals surface area contributed by atoms with E-state index in [2.05, 4.69) is 50.4 Å². The molecule has 1 aliphatic rings. The number of aliphatic carboxylic acids is 1. The van der Waals surface area contributed by atoms with Gasteiger partial charge < -0.3 is 5.11 Å². The summed E-state index contributed by atoms with van der Waals surface area (Å²) in [6, 6.07) is 8.02. The molecule has 0 bridgehead atoms. The van der Waals surface area contributed by atoms with Crippen molar-refractivity contribution in [2.45, 2.75) is 37.6 Å². The van der Waals surface area contributed by atoms with Crippen molar-refractivity contribution in [2.24, 2.45) is 0 Å². The zero-order chi connectivity index (χ0) is 13.3. The van der Waals surface area contributed by atoms with Crippen molar-refractivity contribution in [3.05, 3.63) is 35.4 Å². The second kappa shape index (κ2) is 4.94. The van der Waals surface area contributed by atoms with E-state index in [1.807, 2.05) is 0 Å². The van der Waals surface area contributed by atoms with E-state index in [1.54, 1.807) is 11.8 Å². The van der Waals surface area contributed by atoms with E-state index < -0.39 is 12.0 Å². The smallest absolute Gasteiger partial charge is 0.321 e. The third kappa shape index (κ3) is 2.87. The molecule has 0 saturated carbocycles. The van der Waals surface area contributed by atoms with Crippen LogP contribution in [-0.2, 0) is 10.2 Å². The molecule has 0 amide bonds. The van der Waals surface area contributed by atoms with Crippen molar-refractivity contribution in [3.8, 4) is 0 Å². The third-order valence-electron chi connectivity index (χ3n) is 3.16. The highest BCUT2D eigenvalue weighted by atomic mass is 32.2. The van der Waals surface area contributed by atoms with Gasteiger partial charge in [0.15, 0.2) is 0 Å². The molecule has 2 N–H and O–H groups in total. The first kappa shape index (κ1) is 13.4. The minimum absolute atomic E-state index is 0.0973. The molecule has 1 unspecified atom stereocenters. The average molecular weight is 265 g/mol. The van der Waals surface area contributed by atoms with Crippen LogP contribution in [0.4, 0.5) is 0 Å². The lowest BCUT2D eigenvalue weighted by molar-refractivity contribution is -0.138. The van der Waals surface area contributed by atoms with E-state index in [0.29, 0.717) is 5.75 Å². The standard InChI is InChI=1S/C14H19NO2S/c1-14(2,3)10-6-4-9(5-7-10)12-15-11(8-18-12)13(16)17/h4-7,11-12,15H,8H2,1-3H3,(H,16,17)/t11-,12?/m1/s1. The molecule has 1 aromatic carbocycles. The number of carboxylic acids is 1. The molecule has 3 nitrogen and oxygen atoms in total. The van der Waals surface area contributed by atoms with E-state index >= 15 is 0 Å². The minimum atomic E-state index is -0.767. The molecule has 2 atom stereocenters. The molecule has 0 aromatic heterocycles. The minimum Gasteiger partial charge on any atom is -0.480 e. The fourth-order valence-electron chi connectivity index (χ4n) is 1.96. The molecule has 1 aromatic rings. The molecule has 1 aliphatic heterocycles. The Morgan fingerprint density at radius 2 is 1.94 bits per heavy atom. The maximum atomic E-state index is 10.9. The normalized spacial score (nSPS) is 24.2. The first-order valence-electron chi connectivity index (χ1n) is 6.09. The Bertz CT molecular complexity index is 436. The van der Waals surface area contributed by atoms with E-state index in [0.717, 1.165) is 5.56 Å². The highest BCUT2D eigenvalue weighted by Gasteiger charge is 2.30. The zero-order valence-electron chi connectivity index (χ0n) is 10.9. The van der Waals surface area contributed by atoms with Crippen LogP contribution in [0.5, 0.6) is 0 Å². The predicted molar refractivity (Wildman–Crippen MR) is 74.9 cm³/mol. The van der Waals surface area contributed by atoms with Gasteiger partial charge in [-0.05, 0) is 16.5 Å². The van der Waals surface area contributed by atoms with Gasteiger partial charge >= 0.3 is 5.97 Å². The van der Waals surface area contributed by atoms with Crippen LogP contribution in [0.2, 0.25) is 0 Å². The molecule has 1 saturated heterocycles. The van der Waals surface area contributed by atoms with Crippen molar-refractivity contribution >= 4 is 17.7 Å². The maximum Gasteiger partial charge on any atom is 0.321 e. The van der Waals surface area contributed by atoms with Gasteiger partial charge in [0.2, 0.25) is 0 Å². The highest BCUT2D eigenvalue weighted by Crippen LogP contribution is 2.33. The van der Waals surface area contributed by atoms with Crippen LogP contribution in [0.15, 0.2) is 24.3 Å². The van der Waals surface area contributed by atoms with Crippen molar-refractivity contribution in [1.82, 2.24) is 5.32 Å². The van der Waals surface area contributed by atoms with Gasteiger partial charge in [-0.3, -0.25) is 10.1 Å². The molecule has 0 radical (unpaired) electrons. The van der Waals surface area contributed by atoms with Crippen LogP contribution >= 0.6 is 11.8 Å². The molecule has 2 rings (SSSR count). The molecule has 1 heterocycles. The van der Waals surface area contributed by atoms with E-state index in [-0.39, 0.29) is 10.8 Å². The van der Waals surface area contributed by atoms with E-state index in [4.69, 9.17) is 5.11 Å². The number of carboxylic acid groups (broad SMARTS) is 1. The van der Waals surface area contributed by atoms with Gasteiger partial charge in [0.25, 0.3) is 0 Å². The monoisotopic (exact) mass is 265 g/mol. The molecule has 4 heteroatoms. The largest absolute Gasteiger partial charge is 0.480 e. The second-order valence-corrected chi connectivity index (χ2v) is 6.78. The lowest BCUT2D eigenvalue weighted by Gasteiger charge is -2.20. The Morgan fingerprint density at radius 1 is 1.33 bits per heavy atom. The molecule has 0 aliphatic carbocycles. The summed E-state index contributed by atoms with van der Waals surface area (Å²) in [6.45, 7) is 6.56. The number of rotatable bonds is 2. The van der Waals surface area contributed by atoms with Crippen LogP contribution in [0, 0.1) is 0 Å². The summed E-state index contributed by atoms with van der Waals surface area (Å²) in [5, 5.41) is 12.2. The number of nitrogens with one attached hydrogen (secondary N) is 1. The zero-order valence-corrected chi connectivity index (χ0v) is 11.8. The number of hydrogen-bond acceptors (Lipinski definition) is 3. The Kier molecular flexibility index (Phi) is 3.69. The quantitative estimate of drug-likeness (QED) is 0.863. The SMILES string of the molecule is CC(C)(C)c1ccc(C2N[C@@H](C(=O)O)CS2)cc1. The lowest BCUT2D eigenvalue weighted by Crippen LogP contribution is -2.33. The third-order valence-corrected chi connectivity index (χ3v) is 4.43. The molecule has 18 heavy (non-hydrogen) atoms. The molecule has 1 fully saturated rings. The summed E-state index contributed by atoms with van der Waals surface area (Å²) in [5.41, 5.74) is 2.60. The van der Waals surface area contributed by atoms with Crippen LogP contribution < -0.4 is 5.32 Å². The number of benzene rings is 1. The topological polar surface area (TPSA) is 49.3 Å². The van der Waals surface area contributed by atoms with Crippen molar-refractivity contribution in [2.75, 3.05) is 5.75 Å². The highest BCUT2D eigenvalue weighted by molar-refractivity contribution is 7.99.